The van der Waals surface area contributed by atoms with Gasteiger partial charge in [0.1, 0.15) is 12.4 Å². The highest BCUT2D eigenvalue weighted by atomic mass is 79.9. The van der Waals surface area contributed by atoms with Crippen LogP contribution in [0.5, 0.6) is 11.5 Å². The molecule has 2 aromatic carbocycles. The van der Waals surface area contributed by atoms with Gasteiger partial charge >= 0.3 is 0 Å². The molecule has 8 heteroatoms. The van der Waals surface area contributed by atoms with Crippen molar-refractivity contribution in [2.45, 2.75) is 26.2 Å². The van der Waals surface area contributed by atoms with Crippen LogP contribution in [0, 0.1) is 0 Å². The number of hydrogen-bond donors (Lipinski definition) is 0. The molecule has 0 saturated carbocycles. The molecule has 0 aliphatic heterocycles. The van der Waals surface area contributed by atoms with Gasteiger partial charge in [-0.2, -0.15) is 9.78 Å². The Bertz CT molecular complexity index is 1190. The molecule has 0 atom stereocenters. The van der Waals surface area contributed by atoms with Crippen LogP contribution in [0.15, 0.2) is 61.8 Å². The summed E-state index contributed by atoms with van der Waals surface area (Å²) < 4.78 is 14.0. The van der Waals surface area contributed by atoms with E-state index in [2.05, 4.69) is 50.5 Å². The van der Waals surface area contributed by atoms with Crippen molar-refractivity contribution < 1.29 is 9.47 Å². The van der Waals surface area contributed by atoms with Crippen LogP contribution in [0.4, 0.5) is 0 Å². The Morgan fingerprint density at radius 3 is 2.77 bits per heavy atom. The molecular weight excluding hydrogens is 526 g/mol. The van der Waals surface area contributed by atoms with Gasteiger partial charge < -0.3 is 9.47 Å². The van der Waals surface area contributed by atoms with Gasteiger partial charge in [-0.1, -0.05) is 41.9 Å². The van der Waals surface area contributed by atoms with Crippen LogP contribution in [-0.2, 0) is 6.42 Å². The van der Waals surface area contributed by atoms with Gasteiger partial charge in [-0.3, -0.25) is 4.79 Å². The lowest BCUT2D eigenvalue weighted by Crippen LogP contribution is -2.22. The van der Waals surface area contributed by atoms with E-state index in [1.807, 2.05) is 18.2 Å². The predicted molar refractivity (Wildman–Crippen MR) is 132 cm³/mol. The molecule has 0 spiro atoms. The van der Waals surface area contributed by atoms with E-state index in [1.165, 1.54) is 4.68 Å². The zero-order valence-electron chi connectivity index (χ0n) is 17.4. The van der Waals surface area contributed by atoms with E-state index in [0.717, 1.165) is 22.9 Å². The first-order chi connectivity index (χ1) is 15.0. The topological polar surface area (TPSA) is 65.7 Å². The fraction of sp³-hybridized carbons (Fsp3) is 0.261. The van der Waals surface area contributed by atoms with Crippen LogP contribution in [0.2, 0.25) is 0 Å². The molecule has 162 valence electrons. The van der Waals surface area contributed by atoms with E-state index in [0.29, 0.717) is 45.7 Å². The van der Waals surface area contributed by atoms with Gasteiger partial charge in [-0.25, -0.2) is 4.98 Å². The van der Waals surface area contributed by atoms with E-state index >= 15 is 0 Å². The molecule has 0 amide bonds. The molecule has 1 heterocycles. The average Bonchev–Trinajstić information content (AvgIpc) is 2.76. The van der Waals surface area contributed by atoms with Crippen LogP contribution in [-0.4, -0.2) is 29.6 Å². The van der Waals surface area contributed by atoms with Gasteiger partial charge in [0.15, 0.2) is 11.5 Å². The molecule has 0 N–H and O–H groups in total. The van der Waals surface area contributed by atoms with Crippen LogP contribution < -0.4 is 15.0 Å². The third kappa shape index (κ3) is 5.43. The summed E-state index contributed by atoms with van der Waals surface area (Å²) >= 11 is 6.94. The maximum Gasteiger partial charge on any atom is 0.282 e. The van der Waals surface area contributed by atoms with E-state index in [-0.39, 0.29) is 5.56 Å². The Balaban J connectivity index is 2.07. The molecule has 31 heavy (non-hydrogen) atoms. The van der Waals surface area contributed by atoms with Crippen molar-refractivity contribution in [1.29, 1.82) is 0 Å². The SMILES string of the molecule is C=CCOc1c(Br)cc(C=Nn2c(CCCC)nc3ccc(Br)cc3c2=O)cc1OC. The number of aromatic nitrogens is 2. The minimum atomic E-state index is -0.203. The Kier molecular flexibility index (Phi) is 8.03. The van der Waals surface area contributed by atoms with Crippen molar-refractivity contribution in [3.05, 3.63) is 73.7 Å². The number of unbranched alkanes of at least 4 members (excludes halogenated alkanes) is 1. The first-order valence-corrected chi connectivity index (χ1v) is 11.4. The quantitative estimate of drug-likeness (QED) is 0.253. The molecule has 0 unspecified atom stereocenters. The van der Waals surface area contributed by atoms with E-state index in [1.54, 1.807) is 31.5 Å². The lowest BCUT2D eigenvalue weighted by Gasteiger charge is -2.12. The van der Waals surface area contributed by atoms with Crippen LogP contribution in [0.25, 0.3) is 10.9 Å². The highest BCUT2D eigenvalue weighted by Gasteiger charge is 2.13. The Morgan fingerprint density at radius 2 is 2.06 bits per heavy atom. The minimum absolute atomic E-state index is 0.203. The monoisotopic (exact) mass is 547 g/mol. The zero-order chi connectivity index (χ0) is 22.4. The molecule has 0 radical (unpaired) electrons. The Morgan fingerprint density at radius 1 is 1.26 bits per heavy atom. The standard InChI is InChI=1S/C23H23Br2N3O3/c1-4-6-7-21-27-19-9-8-16(24)13-17(19)23(29)28(21)26-14-15-11-18(25)22(31-10-5-2)20(12-15)30-3/h5,8-9,11-14H,2,4,6-7,10H2,1,3H3. The van der Waals surface area contributed by atoms with Crippen molar-refractivity contribution in [3.63, 3.8) is 0 Å². The molecule has 0 aliphatic rings. The summed E-state index contributed by atoms with van der Waals surface area (Å²) in [7, 11) is 1.57. The molecule has 0 bridgehead atoms. The summed E-state index contributed by atoms with van der Waals surface area (Å²) in [6, 6.07) is 9.15. The number of methoxy groups -OCH3 is 1. The van der Waals surface area contributed by atoms with Crippen molar-refractivity contribution >= 4 is 49.0 Å². The van der Waals surface area contributed by atoms with Crippen molar-refractivity contribution in [3.8, 4) is 11.5 Å². The van der Waals surface area contributed by atoms with Gasteiger partial charge in [0.25, 0.3) is 5.56 Å². The van der Waals surface area contributed by atoms with Gasteiger partial charge in [0.2, 0.25) is 0 Å². The summed E-state index contributed by atoms with van der Waals surface area (Å²) in [6.45, 7) is 6.12. The van der Waals surface area contributed by atoms with Crippen LogP contribution in [0.3, 0.4) is 0 Å². The third-order valence-corrected chi connectivity index (χ3v) is 5.63. The first kappa shape index (κ1) is 23.2. The number of rotatable bonds is 9. The van der Waals surface area contributed by atoms with Crippen molar-refractivity contribution in [1.82, 2.24) is 9.66 Å². The summed E-state index contributed by atoms with van der Waals surface area (Å²) in [5, 5.41) is 5.00. The Hall–Kier alpha value is -2.45. The van der Waals surface area contributed by atoms with Gasteiger partial charge in [0.05, 0.1) is 28.7 Å². The van der Waals surface area contributed by atoms with Crippen LogP contribution in [0.1, 0.15) is 31.2 Å². The second-order valence-electron chi connectivity index (χ2n) is 6.79. The van der Waals surface area contributed by atoms with Gasteiger partial charge in [0, 0.05) is 10.9 Å². The fourth-order valence-corrected chi connectivity index (χ4v) is 3.97. The maximum atomic E-state index is 13.2. The second-order valence-corrected chi connectivity index (χ2v) is 8.56. The second kappa shape index (κ2) is 10.7. The predicted octanol–water partition coefficient (Wildman–Crippen LogP) is 5.72. The van der Waals surface area contributed by atoms with Crippen molar-refractivity contribution in [2.75, 3.05) is 13.7 Å². The summed E-state index contributed by atoms with van der Waals surface area (Å²) in [5.41, 5.74) is 1.21. The van der Waals surface area contributed by atoms with Crippen molar-refractivity contribution in [2.24, 2.45) is 5.10 Å². The lowest BCUT2D eigenvalue weighted by atomic mass is 10.2. The number of aryl methyl sites for hydroxylation is 1. The molecule has 3 rings (SSSR count). The van der Waals surface area contributed by atoms with E-state index < -0.39 is 0 Å². The largest absolute Gasteiger partial charge is 0.493 e. The van der Waals surface area contributed by atoms with E-state index in [9.17, 15) is 4.79 Å². The lowest BCUT2D eigenvalue weighted by molar-refractivity contribution is 0.324. The highest BCUT2D eigenvalue weighted by molar-refractivity contribution is 9.10. The molecule has 0 saturated heterocycles. The minimum Gasteiger partial charge on any atom is -0.493 e. The number of halogens is 2. The first-order valence-electron chi connectivity index (χ1n) is 9.85. The average molecular weight is 549 g/mol. The summed E-state index contributed by atoms with van der Waals surface area (Å²) in [4.78, 5) is 17.9. The molecule has 0 fully saturated rings. The number of hydrogen-bond acceptors (Lipinski definition) is 5. The summed E-state index contributed by atoms with van der Waals surface area (Å²) in [6.07, 6.45) is 5.85. The molecule has 6 nitrogen and oxygen atoms in total. The van der Waals surface area contributed by atoms with Gasteiger partial charge in [-0.15, -0.1) is 0 Å². The Labute approximate surface area is 197 Å². The summed E-state index contributed by atoms with van der Waals surface area (Å²) in [5.74, 6) is 1.77. The third-order valence-electron chi connectivity index (χ3n) is 4.55. The maximum absolute atomic E-state index is 13.2. The number of ether oxygens (including phenoxy) is 2. The zero-order valence-corrected chi connectivity index (χ0v) is 20.6. The smallest absolute Gasteiger partial charge is 0.282 e. The number of nitrogens with zero attached hydrogens (tertiary/aromatic N) is 3. The number of benzene rings is 2. The van der Waals surface area contributed by atoms with E-state index in [4.69, 9.17) is 14.5 Å². The van der Waals surface area contributed by atoms with Gasteiger partial charge in [-0.05, 0) is 58.2 Å². The molecule has 0 aliphatic carbocycles. The molecular formula is C23H23Br2N3O3. The van der Waals surface area contributed by atoms with Crippen LogP contribution >= 0.6 is 31.9 Å². The normalized spacial score (nSPS) is 11.2. The number of fused-ring (bicyclic) bond motifs is 1. The molecule has 1 aromatic heterocycles. The highest BCUT2D eigenvalue weighted by Crippen LogP contribution is 2.36. The fourth-order valence-electron chi connectivity index (χ4n) is 3.03. The molecule has 3 aromatic rings.